The first-order valence-corrected chi connectivity index (χ1v) is 8.83. The minimum absolute atomic E-state index is 0.0686. The lowest BCUT2D eigenvalue weighted by molar-refractivity contribution is -0.120. The molecule has 0 bridgehead atoms. The fourth-order valence-electron chi connectivity index (χ4n) is 2.35. The van der Waals surface area contributed by atoms with Crippen LogP contribution < -0.4 is 5.32 Å². The van der Waals surface area contributed by atoms with Gasteiger partial charge in [-0.15, -0.1) is 11.3 Å². The highest BCUT2D eigenvalue weighted by Gasteiger charge is 2.19. The maximum absolute atomic E-state index is 12.4. The fraction of sp³-hybridized carbons (Fsp3) is 0.222. The van der Waals surface area contributed by atoms with E-state index in [4.69, 9.17) is 11.6 Å². The second kappa shape index (κ2) is 7.30. The van der Waals surface area contributed by atoms with Gasteiger partial charge in [-0.1, -0.05) is 29.8 Å². The normalized spacial score (nSPS) is 12.5. The molecule has 1 amide bonds. The van der Waals surface area contributed by atoms with Gasteiger partial charge in [0.15, 0.2) is 0 Å². The van der Waals surface area contributed by atoms with Crippen LogP contribution in [0.1, 0.15) is 11.9 Å². The summed E-state index contributed by atoms with van der Waals surface area (Å²) in [5.41, 5.74) is 1.70. The van der Waals surface area contributed by atoms with Gasteiger partial charge < -0.3 is 5.32 Å². The molecular weight excluding hydrogens is 342 g/mol. The first-order valence-electron chi connectivity index (χ1n) is 7.64. The summed E-state index contributed by atoms with van der Waals surface area (Å²) in [5, 5.41) is 4.50. The molecule has 0 aliphatic rings. The summed E-state index contributed by atoms with van der Waals surface area (Å²) in [6.45, 7) is 2.51. The van der Waals surface area contributed by atoms with Crippen LogP contribution in [0, 0.1) is 0 Å². The van der Waals surface area contributed by atoms with Crippen molar-refractivity contribution in [2.45, 2.75) is 19.5 Å². The number of fused-ring (bicyclic) bond motifs is 1. The maximum atomic E-state index is 12.4. The van der Waals surface area contributed by atoms with E-state index in [2.05, 4.69) is 16.4 Å². The van der Waals surface area contributed by atoms with Gasteiger partial charge in [0.05, 0.1) is 22.8 Å². The van der Waals surface area contributed by atoms with Gasteiger partial charge in [0.2, 0.25) is 5.91 Å². The second-order valence-electron chi connectivity index (χ2n) is 5.67. The molecule has 124 valence electrons. The van der Waals surface area contributed by atoms with Gasteiger partial charge in [0.1, 0.15) is 5.01 Å². The van der Waals surface area contributed by atoms with Crippen molar-refractivity contribution in [1.82, 2.24) is 9.88 Å². The molecule has 0 radical (unpaired) electrons. The SMILES string of the molecule is CC(C(=O)Nc1cccc(Cl)c1)N(C)Cc1nc2ccccc2s1. The standard InChI is InChI=1S/C18H18ClN3OS/c1-12(18(23)20-14-7-5-6-13(19)10-14)22(2)11-17-21-15-8-3-4-9-16(15)24-17/h3-10,12H,11H2,1-2H3,(H,20,23). The Morgan fingerprint density at radius 2 is 2.08 bits per heavy atom. The maximum Gasteiger partial charge on any atom is 0.241 e. The van der Waals surface area contributed by atoms with E-state index < -0.39 is 0 Å². The molecular formula is C18H18ClN3OS. The van der Waals surface area contributed by atoms with Crippen LogP contribution in [0.3, 0.4) is 0 Å². The lowest BCUT2D eigenvalue weighted by Crippen LogP contribution is -2.39. The predicted molar refractivity (Wildman–Crippen MR) is 101 cm³/mol. The summed E-state index contributed by atoms with van der Waals surface area (Å²) in [7, 11) is 1.92. The number of carbonyl (C=O) groups is 1. The summed E-state index contributed by atoms with van der Waals surface area (Å²) in [6.07, 6.45) is 0. The minimum Gasteiger partial charge on any atom is -0.325 e. The Kier molecular flexibility index (Phi) is 5.14. The lowest BCUT2D eigenvalue weighted by atomic mass is 10.2. The first-order chi connectivity index (χ1) is 11.5. The summed E-state index contributed by atoms with van der Waals surface area (Å²) >= 11 is 7.61. The molecule has 4 nitrogen and oxygen atoms in total. The van der Waals surface area contributed by atoms with Gasteiger partial charge in [0.25, 0.3) is 0 Å². The number of carbonyl (C=O) groups excluding carboxylic acids is 1. The van der Waals surface area contributed by atoms with Crippen LogP contribution >= 0.6 is 22.9 Å². The fourth-order valence-corrected chi connectivity index (χ4v) is 3.57. The van der Waals surface area contributed by atoms with E-state index in [0.717, 1.165) is 15.2 Å². The zero-order valence-corrected chi connectivity index (χ0v) is 15.1. The molecule has 1 unspecified atom stereocenters. The number of nitrogens with zero attached hydrogens (tertiary/aromatic N) is 2. The van der Waals surface area contributed by atoms with Crippen molar-refractivity contribution in [1.29, 1.82) is 0 Å². The molecule has 2 aromatic carbocycles. The van der Waals surface area contributed by atoms with Crippen molar-refractivity contribution in [3.63, 3.8) is 0 Å². The van der Waals surface area contributed by atoms with Gasteiger partial charge in [-0.25, -0.2) is 4.98 Å². The Bertz CT molecular complexity index is 831. The Balaban J connectivity index is 1.65. The summed E-state index contributed by atoms with van der Waals surface area (Å²) < 4.78 is 1.16. The van der Waals surface area contributed by atoms with Gasteiger partial charge in [-0.3, -0.25) is 9.69 Å². The monoisotopic (exact) mass is 359 g/mol. The quantitative estimate of drug-likeness (QED) is 0.734. The van der Waals surface area contributed by atoms with Crippen LogP contribution in [0.4, 0.5) is 5.69 Å². The third kappa shape index (κ3) is 3.93. The molecule has 0 spiro atoms. The van der Waals surface area contributed by atoms with E-state index in [9.17, 15) is 4.79 Å². The van der Waals surface area contributed by atoms with Gasteiger partial charge >= 0.3 is 0 Å². The number of hydrogen-bond acceptors (Lipinski definition) is 4. The van der Waals surface area contributed by atoms with E-state index in [1.54, 1.807) is 23.5 Å². The first kappa shape index (κ1) is 16.9. The number of thiazole rings is 1. The van der Waals surface area contributed by atoms with Crippen LogP contribution in [-0.4, -0.2) is 28.9 Å². The number of para-hydroxylation sites is 1. The average Bonchev–Trinajstić information content (AvgIpc) is 2.96. The van der Waals surface area contributed by atoms with Crippen molar-refractivity contribution in [3.05, 3.63) is 58.6 Å². The molecule has 3 aromatic rings. The zero-order valence-electron chi connectivity index (χ0n) is 13.5. The van der Waals surface area contributed by atoms with E-state index in [-0.39, 0.29) is 11.9 Å². The van der Waals surface area contributed by atoms with Crippen molar-refractivity contribution < 1.29 is 4.79 Å². The molecule has 0 saturated carbocycles. The van der Waals surface area contributed by atoms with E-state index in [0.29, 0.717) is 17.3 Å². The lowest BCUT2D eigenvalue weighted by Gasteiger charge is -2.22. The largest absolute Gasteiger partial charge is 0.325 e. The molecule has 1 atom stereocenters. The molecule has 1 N–H and O–H groups in total. The van der Waals surface area contributed by atoms with Crippen molar-refractivity contribution in [2.24, 2.45) is 0 Å². The van der Waals surface area contributed by atoms with Crippen LogP contribution in [-0.2, 0) is 11.3 Å². The Labute approximate surface area is 150 Å². The molecule has 3 rings (SSSR count). The third-order valence-electron chi connectivity index (χ3n) is 3.86. The number of anilines is 1. The Hall–Kier alpha value is -1.95. The van der Waals surface area contributed by atoms with E-state index in [1.807, 2.05) is 49.2 Å². The molecule has 0 aliphatic heterocycles. The number of benzene rings is 2. The van der Waals surface area contributed by atoms with Gasteiger partial charge in [-0.2, -0.15) is 0 Å². The highest BCUT2D eigenvalue weighted by atomic mass is 35.5. The molecule has 6 heteroatoms. The summed E-state index contributed by atoms with van der Waals surface area (Å²) in [6, 6.07) is 14.9. The summed E-state index contributed by atoms with van der Waals surface area (Å²) in [4.78, 5) is 19.0. The minimum atomic E-state index is -0.281. The number of aromatic nitrogens is 1. The topological polar surface area (TPSA) is 45.2 Å². The highest BCUT2D eigenvalue weighted by molar-refractivity contribution is 7.18. The number of nitrogens with one attached hydrogen (secondary N) is 1. The highest BCUT2D eigenvalue weighted by Crippen LogP contribution is 2.23. The van der Waals surface area contributed by atoms with Gasteiger partial charge in [0, 0.05) is 10.7 Å². The second-order valence-corrected chi connectivity index (χ2v) is 7.22. The third-order valence-corrected chi connectivity index (χ3v) is 5.11. The van der Waals surface area contributed by atoms with Crippen molar-refractivity contribution >= 4 is 44.7 Å². The van der Waals surface area contributed by atoms with Gasteiger partial charge in [-0.05, 0) is 44.3 Å². The molecule has 1 aromatic heterocycles. The molecule has 24 heavy (non-hydrogen) atoms. The van der Waals surface area contributed by atoms with Crippen LogP contribution in [0.5, 0.6) is 0 Å². The van der Waals surface area contributed by atoms with Crippen molar-refractivity contribution in [2.75, 3.05) is 12.4 Å². The van der Waals surface area contributed by atoms with Crippen LogP contribution in [0.15, 0.2) is 48.5 Å². The molecule has 1 heterocycles. The Morgan fingerprint density at radius 1 is 1.29 bits per heavy atom. The number of amides is 1. The predicted octanol–water partition coefficient (Wildman–Crippen LogP) is 4.41. The van der Waals surface area contributed by atoms with E-state index in [1.165, 1.54) is 0 Å². The number of rotatable bonds is 5. The molecule has 0 saturated heterocycles. The van der Waals surface area contributed by atoms with Crippen LogP contribution in [0.25, 0.3) is 10.2 Å². The molecule has 0 fully saturated rings. The van der Waals surface area contributed by atoms with Crippen molar-refractivity contribution in [3.8, 4) is 0 Å². The average molecular weight is 360 g/mol. The Morgan fingerprint density at radius 3 is 2.83 bits per heavy atom. The van der Waals surface area contributed by atoms with Crippen LogP contribution in [0.2, 0.25) is 5.02 Å². The zero-order chi connectivity index (χ0) is 17.1. The number of hydrogen-bond donors (Lipinski definition) is 1. The smallest absolute Gasteiger partial charge is 0.241 e. The molecule has 0 aliphatic carbocycles. The summed E-state index contributed by atoms with van der Waals surface area (Å²) in [5.74, 6) is -0.0686. The van der Waals surface area contributed by atoms with E-state index >= 15 is 0 Å². The number of likely N-dealkylation sites (N-methyl/N-ethyl adjacent to an activating group) is 1. The number of halogens is 1.